The highest BCUT2D eigenvalue weighted by Gasteiger charge is 2.28. The quantitative estimate of drug-likeness (QED) is 0.428. The lowest BCUT2D eigenvalue weighted by molar-refractivity contribution is 0.0252. The second-order valence-electron chi connectivity index (χ2n) is 7.62. The number of rotatable bonds is 4. The molecule has 2 heterocycles. The first-order valence-corrected chi connectivity index (χ1v) is 10.9. The van der Waals surface area contributed by atoms with Crippen LogP contribution in [0.15, 0.2) is 72.8 Å². The number of aromatic nitrogens is 1. The third kappa shape index (κ3) is 3.82. The van der Waals surface area contributed by atoms with Gasteiger partial charge in [-0.3, -0.25) is 4.79 Å². The second-order valence-corrected chi connectivity index (χ2v) is 8.73. The molecule has 0 saturated carbocycles. The molecule has 5 nitrogen and oxygen atoms in total. The van der Waals surface area contributed by atoms with Crippen molar-refractivity contribution >= 4 is 33.4 Å². The maximum atomic E-state index is 13.1. The van der Waals surface area contributed by atoms with Crippen molar-refractivity contribution in [3.05, 3.63) is 100 Å². The number of hydrogen-bond donors (Lipinski definition) is 0. The predicted octanol–water partition coefficient (Wildman–Crippen LogP) is 5.02. The minimum absolute atomic E-state index is 0.0998. The lowest BCUT2D eigenvalue weighted by Crippen LogP contribution is -2.27. The van der Waals surface area contributed by atoms with E-state index in [0.717, 1.165) is 26.4 Å². The molecule has 4 aromatic rings. The van der Waals surface area contributed by atoms with Gasteiger partial charge in [-0.25, -0.2) is 9.78 Å². The molecule has 5 rings (SSSR count). The van der Waals surface area contributed by atoms with E-state index in [1.54, 1.807) is 35.4 Å². The lowest BCUT2D eigenvalue weighted by atomic mass is 9.93. The maximum absolute atomic E-state index is 13.1. The summed E-state index contributed by atoms with van der Waals surface area (Å²) < 4.78 is 6.72. The number of benzene rings is 3. The minimum atomic E-state index is -0.350. The Morgan fingerprint density at radius 1 is 1.10 bits per heavy atom. The molecule has 0 spiro atoms. The average Bonchev–Trinajstić information content (AvgIpc) is 3.21. The van der Waals surface area contributed by atoms with Crippen LogP contribution >= 0.6 is 11.3 Å². The van der Waals surface area contributed by atoms with Crippen LogP contribution in [-0.4, -0.2) is 28.8 Å². The standard InChI is InChI=1S/C25H20N2O3S/c1-27(15-23-26-20-9-5-6-10-22(20)31-23)24(28)17-11-12-19-18(13-17)14-21(30-25(19)29)16-7-3-2-4-8-16/h2-13,21H,14-15H2,1H3. The number of cyclic esters (lactones) is 1. The molecule has 1 amide bonds. The highest BCUT2D eigenvalue weighted by Crippen LogP contribution is 2.31. The van der Waals surface area contributed by atoms with Gasteiger partial charge >= 0.3 is 5.97 Å². The Balaban J connectivity index is 1.37. The third-order valence-electron chi connectivity index (χ3n) is 5.46. The van der Waals surface area contributed by atoms with E-state index in [9.17, 15) is 9.59 Å². The SMILES string of the molecule is CN(Cc1nc2ccccc2s1)C(=O)c1ccc2c(c1)CC(c1ccccc1)OC2=O. The Morgan fingerprint density at radius 3 is 2.68 bits per heavy atom. The van der Waals surface area contributed by atoms with Gasteiger partial charge in [0.15, 0.2) is 0 Å². The van der Waals surface area contributed by atoms with Crippen LogP contribution in [0.5, 0.6) is 0 Å². The number of fused-ring (bicyclic) bond motifs is 2. The van der Waals surface area contributed by atoms with Gasteiger partial charge < -0.3 is 9.64 Å². The highest BCUT2D eigenvalue weighted by atomic mass is 32.1. The fraction of sp³-hybridized carbons (Fsp3) is 0.160. The zero-order chi connectivity index (χ0) is 21.4. The molecule has 0 bridgehead atoms. The van der Waals surface area contributed by atoms with Crippen molar-refractivity contribution in [2.24, 2.45) is 0 Å². The number of amides is 1. The molecule has 1 aromatic heterocycles. The summed E-state index contributed by atoms with van der Waals surface area (Å²) in [6.07, 6.45) is 0.209. The molecule has 154 valence electrons. The number of esters is 1. The van der Waals surface area contributed by atoms with Crippen LogP contribution in [0.1, 0.15) is 43.0 Å². The summed E-state index contributed by atoms with van der Waals surface area (Å²) >= 11 is 1.59. The normalized spacial score (nSPS) is 15.4. The Morgan fingerprint density at radius 2 is 1.87 bits per heavy atom. The highest BCUT2D eigenvalue weighted by molar-refractivity contribution is 7.18. The van der Waals surface area contributed by atoms with Crippen molar-refractivity contribution < 1.29 is 14.3 Å². The molecule has 1 aliphatic rings. The summed E-state index contributed by atoms with van der Waals surface area (Å²) in [5.74, 6) is -0.450. The topological polar surface area (TPSA) is 59.5 Å². The van der Waals surface area contributed by atoms with Crippen molar-refractivity contribution in [3.63, 3.8) is 0 Å². The summed E-state index contributed by atoms with van der Waals surface area (Å²) in [6, 6.07) is 22.8. The molecule has 1 atom stereocenters. The predicted molar refractivity (Wildman–Crippen MR) is 120 cm³/mol. The fourth-order valence-electron chi connectivity index (χ4n) is 3.87. The zero-order valence-electron chi connectivity index (χ0n) is 16.9. The van der Waals surface area contributed by atoms with Gasteiger partial charge in [0.2, 0.25) is 0 Å². The first-order valence-electron chi connectivity index (χ1n) is 10.1. The van der Waals surface area contributed by atoms with Gasteiger partial charge in [0.25, 0.3) is 5.91 Å². The van der Waals surface area contributed by atoms with Crippen LogP contribution in [0.2, 0.25) is 0 Å². The van der Waals surface area contributed by atoms with E-state index in [0.29, 0.717) is 24.1 Å². The van der Waals surface area contributed by atoms with Gasteiger partial charge in [0.1, 0.15) is 11.1 Å². The van der Waals surface area contributed by atoms with E-state index in [2.05, 4.69) is 4.98 Å². The van der Waals surface area contributed by atoms with Crippen molar-refractivity contribution in [1.82, 2.24) is 9.88 Å². The molecule has 0 N–H and O–H groups in total. The molecule has 1 aliphatic heterocycles. The van der Waals surface area contributed by atoms with Crippen LogP contribution in [0.25, 0.3) is 10.2 Å². The molecule has 31 heavy (non-hydrogen) atoms. The van der Waals surface area contributed by atoms with Gasteiger partial charge in [-0.05, 0) is 41.5 Å². The number of para-hydroxylation sites is 1. The smallest absolute Gasteiger partial charge is 0.339 e. The van der Waals surface area contributed by atoms with Gasteiger partial charge in [-0.2, -0.15) is 0 Å². The maximum Gasteiger partial charge on any atom is 0.339 e. The number of carbonyl (C=O) groups is 2. The Kier molecular flexibility index (Phi) is 5.00. The Labute approximate surface area is 183 Å². The zero-order valence-corrected chi connectivity index (χ0v) is 17.8. The van der Waals surface area contributed by atoms with Gasteiger partial charge in [0.05, 0.1) is 22.3 Å². The van der Waals surface area contributed by atoms with Crippen molar-refractivity contribution in [2.45, 2.75) is 19.1 Å². The van der Waals surface area contributed by atoms with Crippen LogP contribution in [0.3, 0.4) is 0 Å². The van der Waals surface area contributed by atoms with Crippen LogP contribution < -0.4 is 0 Å². The number of nitrogens with zero attached hydrogens (tertiary/aromatic N) is 2. The van der Waals surface area contributed by atoms with Crippen LogP contribution in [0.4, 0.5) is 0 Å². The van der Waals surface area contributed by atoms with E-state index >= 15 is 0 Å². The van der Waals surface area contributed by atoms with E-state index in [-0.39, 0.29) is 18.0 Å². The largest absolute Gasteiger partial charge is 0.454 e. The van der Waals surface area contributed by atoms with Crippen molar-refractivity contribution in [1.29, 1.82) is 0 Å². The number of carbonyl (C=O) groups excluding carboxylic acids is 2. The molecule has 0 aliphatic carbocycles. The molecule has 1 unspecified atom stereocenters. The number of ether oxygens (including phenoxy) is 1. The molecular formula is C25H20N2O3S. The molecule has 0 fully saturated rings. The molecular weight excluding hydrogens is 408 g/mol. The van der Waals surface area contributed by atoms with Crippen molar-refractivity contribution in [2.75, 3.05) is 7.05 Å². The summed E-state index contributed by atoms with van der Waals surface area (Å²) in [4.78, 5) is 31.8. The fourth-order valence-corrected chi connectivity index (χ4v) is 4.89. The summed E-state index contributed by atoms with van der Waals surface area (Å²) in [7, 11) is 1.77. The third-order valence-corrected chi connectivity index (χ3v) is 6.48. The lowest BCUT2D eigenvalue weighted by Gasteiger charge is -2.25. The number of hydrogen-bond acceptors (Lipinski definition) is 5. The summed E-state index contributed by atoms with van der Waals surface area (Å²) in [6.45, 7) is 0.434. The van der Waals surface area contributed by atoms with E-state index < -0.39 is 0 Å². The summed E-state index contributed by atoms with van der Waals surface area (Å²) in [5.41, 5.74) is 3.82. The number of thiazole rings is 1. The van der Waals surface area contributed by atoms with Crippen molar-refractivity contribution in [3.8, 4) is 0 Å². The Bertz CT molecular complexity index is 1250. The first-order chi connectivity index (χ1) is 15.1. The van der Waals surface area contributed by atoms with Gasteiger partial charge in [0, 0.05) is 19.0 Å². The van der Waals surface area contributed by atoms with Gasteiger partial charge in [-0.15, -0.1) is 11.3 Å². The summed E-state index contributed by atoms with van der Waals surface area (Å²) in [5, 5.41) is 0.891. The minimum Gasteiger partial charge on any atom is -0.454 e. The molecule has 0 saturated heterocycles. The average molecular weight is 429 g/mol. The van der Waals surface area contributed by atoms with E-state index in [4.69, 9.17) is 4.74 Å². The molecule has 3 aromatic carbocycles. The van der Waals surface area contributed by atoms with E-state index in [1.165, 1.54) is 0 Å². The molecule has 0 radical (unpaired) electrons. The Hall–Kier alpha value is -3.51. The van der Waals surface area contributed by atoms with Gasteiger partial charge in [-0.1, -0.05) is 42.5 Å². The molecule has 6 heteroatoms. The monoisotopic (exact) mass is 428 g/mol. The van der Waals surface area contributed by atoms with Crippen LogP contribution in [0, 0.1) is 0 Å². The first kappa shape index (κ1) is 19.5. The van der Waals surface area contributed by atoms with Crippen LogP contribution in [-0.2, 0) is 17.7 Å². The van der Waals surface area contributed by atoms with E-state index in [1.807, 2.05) is 60.7 Å². The second kappa shape index (κ2) is 7.96.